The third-order valence-electron chi connectivity index (χ3n) is 4.77. The standard InChI is InChI=1S/C18H25N5O/c1-21-11-16-7-4-3-6-15(16)10-17(21)12-22(2)18(24)8-5-9-23-14-19-13-20-23/h3-4,6-7,13-14,17H,5,8-12H2,1-2H3. The van der Waals surface area contributed by atoms with Gasteiger partial charge in [0.2, 0.25) is 5.91 Å². The molecule has 0 radical (unpaired) electrons. The Hall–Kier alpha value is -2.21. The number of aryl methyl sites for hydroxylation is 1. The molecule has 24 heavy (non-hydrogen) atoms. The summed E-state index contributed by atoms with van der Waals surface area (Å²) in [5, 5.41) is 4.06. The van der Waals surface area contributed by atoms with Crippen molar-refractivity contribution >= 4 is 5.91 Å². The summed E-state index contributed by atoms with van der Waals surface area (Å²) in [6.45, 7) is 2.46. The van der Waals surface area contributed by atoms with E-state index >= 15 is 0 Å². The van der Waals surface area contributed by atoms with E-state index < -0.39 is 0 Å². The Kier molecular flexibility index (Phi) is 5.25. The Bertz CT molecular complexity index is 670. The highest BCUT2D eigenvalue weighted by Crippen LogP contribution is 2.22. The summed E-state index contributed by atoms with van der Waals surface area (Å²) in [5.74, 6) is 0.197. The molecule has 6 heteroatoms. The molecule has 1 aromatic carbocycles. The third-order valence-corrected chi connectivity index (χ3v) is 4.77. The van der Waals surface area contributed by atoms with Crippen LogP contribution < -0.4 is 0 Å². The Morgan fingerprint density at radius 1 is 1.33 bits per heavy atom. The maximum Gasteiger partial charge on any atom is 0.222 e. The van der Waals surface area contributed by atoms with Gasteiger partial charge >= 0.3 is 0 Å². The van der Waals surface area contributed by atoms with Crippen LogP contribution in [0.15, 0.2) is 36.9 Å². The Labute approximate surface area is 143 Å². The maximum atomic E-state index is 12.4. The number of carbonyl (C=O) groups excluding carboxylic acids is 1. The van der Waals surface area contributed by atoms with Gasteiger partial charge < -0.3 is 4.90 Å². The number of carbonyl (C=O) groups is 1. The lowest BCUT2D eigenvalue weighted by atomic mass is 9.94. The predicted molar refractivity (Wildman–Crippen MR) is 92.3 cm³/mol. The highest BCUT2D eigenvalue weighted by Gasteiger charge is 2.25. The molecule has 1 aliphatic rings. The number of amides is 1. The smallest absolute Gasteiger partial charge is 0.222 e. The molecule has 0 fully saturated rings. The van der Waals surface area contributed by atoms with Crippen LogP contribution in [0.25, 0.3) is 0 Å². The van der Waals surface area contributed by atoms with Gasteiger partial charge in [-0.05, 0) is 31.0 Å². The number of nitrogens with zero attached hydrogens (tertiary/aromatic N) is 5. The van der Waals surface area contributed by atoms with Gasteiger partial charge in [-0.3, -0.25) is 14.4 Å². The van der Waals surface area contributed by atoms with Crippen molar-refractivity contribution in [1.29, 1.82) is 0 Å². The number of benzene rings is 1. The number of rotatable bonds is 6. The average molecular weight is 327 g/mol. The summed E-state index contributed by atoms with van der Waals surface area (Å²) in [5.41, 5.74) is 2.81. The zero-order valence-electron chi connectivity index (χ0n) is 14.4. The largest absolute Gasteiger partial charge is 0.344 e. The summed E-state index contributed by atoms with van der Waals surface area (Å²) in [6.07, 6.45) is 5.54. The summed E-state index contributed by atoms with van der Waals surface area (Å²) in [7, 11) is 4.05. The first-order valence-electron chi connectivity index (χ1n) is 8.47. The average Bonchev–Trinajstić information content (AvgIpc) is 3.08. The first-order valence-corrected chi connectivity index (χ1v) is 8.47. The molecular formula is C18H25N5O. The Morgan fingerprint density at radius 3 is 2.88 bits per heavy atom. The second-order valence-electron chi connectivity index (χ2n) is 6.58. The lowest BCUT2D eigenvalue weighted by Gasteiger charge is -2.36. The summed E-state index contributed by atoms with van der Waals surface area (Å²) in [6, 6.07) is 8.97. The fourth-order valence-corrected chi connectivity index (χ4v) is 3.27. The SMILES string of the molecule is CN(CC1Cc2ccccc2CN1C)C(=O)CCCn1cncn1. The second-order valence-corrected chi connectivity index (χ2v) is 6.58. The molecule has 128 valence electrons. The third kappa shape index (κ3) is 4.00. The molecule has 1 aromatic heterocycles. The molecule has 0 saturated heterocycles. The minimum Gasteiger partial charge on any atom is -0.344 e. The fourth-order valence-electron chi connectivity index (χ4n) is 3.27. The van der Waals surface area contributed by atoms with E-state index in [1.807, 2.05) is 11.9 Å². The van der Waals surface area contributed by atoms with Gasteiger partial charge in [0.25, 0.3) is 0 Å². The Balaban J connectivity index is 1.49. The van der Waals surface area contributed by atoms with Gasteiger partial charge in [-0.25, -0.2) is 4.98 Å². The molecular weight excluding hydrogens is 302 g/mol. The molecule has 1 aliphatic heterocycles. The molecule has 1 amide bonds. The normalized spacial score (nSPS) is 17.5. The van der Waals surface area contributed by atoms with Crippen molar-refractivity contribution in [1.82, 2.24) is 24.6 Å². The van der Waals surface area contributed by atoms with Crippen LogP contribution in [-0.4, -0.2) is 57.2 Å². The zero-order chi connectivity index (χ0) is 16.9. The van der Waals surface area contributed by atoms with E-state index in [1.54, 1.807) is 11.0 Å². The molecule has 0 N–H and O–H groups in total. The number of fused-ring (bicyclic) bond motifs is 1. The van der Waals surface area contributed by atoms with Crippen molar-refractivity contribution in [3.63, 3.8) is 0 Å². The summed E-state index contributed by atoms with van der Waals surface area (Å²) >= 11 is 0. The van der Waals surface area contributed by atoms with Gasteiger partial charge in [-0.1, -0.05) is 24.3 Å². The highest BCUT2D eigenvalue weighted by molar-refractivity contribution is 5.75. The van der Waals surface area contributed by atoms with Gasteiger partial charge in [0.05, 0.1) is 0 Å². The molecule has 1 unspecified atom stereocenters. The molecule has 2 aromatic rings. The number of likely N-dealkylation sites (N-methyl/N-ethyl adjacent to an activating group) is 2. The van der Waals surface area contributed by atoms with Crippen molar-refractivity contribution in [3.05, 3.63) is 48.0 Å². The van der Waals surface area contributed by atoms with E-state index in [-0.39, 0.29) is 5.91 Å². The van der Waals surface area contributed by atoms with Gasteiger partial charge in [0.15, 0.2) is 0 Å². The van der Waals surface area contributed by atoms with Crippen LogP contribution in [0, 0.1) is 0 Å². The zero-order valence-corrected chi connectivity index (χ0v) is 14.4. The van der Waals surface area contributed by atoms with Crippen LogP contribution in [0.1, 0.15) is 24.0 Å². The molecule has 3 rings (SSSR count). The van der Waals surface area contributed by atoms with E-state index in [4.69, 9.17) is 0 Å². The molecule has 0 saturated carbocycles. The molecule has 6 nitrogen and oxygen atoms in total. The molecule has 0 spiro atoms. The second kappa shape index (κ2) is 7.57. The number of hydrogen-bond acceptors (Lipinski definition) is 4. The summed E-state index contributed by atoms with van der Waals surface area (Å²) in [4.78, 5) is 20.5. The molecule has 0 aliphatic carbocycles. The fraction of sp³-hybridized carbons (Fsp3) is 0.500. The lowest BCUT2D eigenvalue weighted by molar-refractivity contribution is -0.130. The molecule has 2 heterocycles. The number of hydrogen-bond donors (Lipinski definition) is 0. The van der Waals surface area contributed by atoms with E-state index in [9.17, 15) is 4.79 Å². The quantitative estimate of drug-likeness (QED) is 0.808. The number of aromatic nitrogens is 3. The molecule has 0 bridgehead atoms. The van der Waals surface area contributed by atoms with Crippen molar-refractivity contribution < 1.29 is 4.79 Å². The first kappa shape index (κ1) is 16.6. The van der Waals surface area contributed by atoms with Gasteiger partial charge in [-0.2, -0.15) is 5.10 Å². The van der Waals surface area contributed by atoms with E-state index in [2.05, 4.69) is 46.3 Å². The van der Waals surface area contributed by atoms with Crippen LogP contribution in [0.5, 0.6) is 0 Å². The van der Waals surface area contributed by atoms with Crippen LogP contribution in [0.4, 0.5) is 0 Å². The maximum absolute atomic E-state index is 12.4. The van der Waals surface area contributed by atoms with Crippen molar-refractivity contribution in [3.8, 4) is 0 Å². The van der Waals surface area contributed by atoms with Crippen molar-refractivity contribution in [2.24, 2.45) is 0 Å². The predicted octanol–water partition coefficient (Wildman–Crippen LogP) is 1.57. The topological polar surface area (TPSA) is 54.3 Å². The van der Waals surface area contributed by atoms with Crippen LogP contribution in [-0.2, 0) is 24.3 Å². The molecule has 1 atom stereocenters. The van der Waals surface area contributed by atoms with E-state index in [0.29, 0.717) is 12.5 Å². The lowest BCUT2D eigenvalue weighted by Crippen LogP contribution is -2.46. The van der Waals surface area contributed by atoms with Crippen molar-refractivity contribution in [2.75, 3.05) is 20.6 Å². The van der Waals surface area contributed by atoms with Gasteiger partial charge in [-0.15, -0.1) is 0 Å². The van der Waals surface area contributed by atoms with Crippen LogP contribution >= 0.6 is 0 Å². The van der Waals surface area contributed by atoms with E-state index in [0.717, 1.165) is 32.5 Å². The minimum absolute atomic E-state index is 0.197. The highest BCUT2D eigenvalue weighted by atomic mass is 16.2. The van der Waals surface area contributed by atoms with Gasteiger partial charge in [0.1, 0.15) is 12.7 Å². The van der Waals surface area contributed by atoms with Gasteiger partial charge in [0, 0.05) is 39.1 Å². The van der Waals surface area contributed by atoms with Crippen LogP contribution in [0.2, 0.25) is 0 Å². The van der Waals surface area contributed by atoms with E-state index in [1.165, 1.54) is 17.5 Å². The van der Waals surface area contributed by atoms with Crippen LogP contribution in [0.3, 0.4) is 0 Å². The minimum atomic E-state index is 0.197. The monoisotopic (exact) mass is 327 g/mol. The first-order chi connectivity index (χ1) is 11.6. The summed E-state index contributed by atoms with van der Waals surface area (Å²) < 4.78 is 1.76. The Morgan fingerprint density at radius 2 is 2.12 bits per heavy atom. The van der Waals surface area contributed by atoms with Crippen molar-refractivity contribution in [2.45, 2.75) is 38.4 Å².